The van der Waals surface area contributed by atoms with E-state index in [2.05, 4.69) is 0 Å². The number of benzene rings is 1. The molecule has 0 amide bonds. The molecular weight excluding hydrogens is 350 g/mol. The van der Waals surface area contributed by atoms with Crippen LogP contribution in [-0.2, 0) is 19.9 Å². The van der Waals surface area contributed by atoms with E-state index in [0.29, 0.717) is 12.8 Å². The summed E-state index contributed by atoms with van der Waals surface area (Å²) in [7, 11) is -5.63. The summed E-state index contributed by atoms with van der Waals surface area (Å²) in [5.41, 5.74) is 0.803. The van der Waals surface area contributed by atoms with Gasteiger partial charge >= 0.3 is 0 Å². The Morgan fingerprint density at radius 3 is 2.54 bits per heavy atom. The van der Waals surface area contributed by atoms with Gasteiger partial charge in [-0.1, -0.05) is 13.0 Å². The molecule has 1 saturated heterocycles. The van der Waals surface area contributed by atoms with E-state index in [1.54, 1.807) is 18.2 Å². The predicted octanol–water partition coefficient (Wildman–Crippen LogP) is 1.98. The van der Waals surface area contributed by atoms with Gasteiger partial charge < -0.3 is 4.74 Å². The van der Waals surface area contributed by atoms with Gasteiger partial charge in [0, 0.05) is 12.1 Å². The van der Waals surface area contributed by atoms with Gasteiger partial charge in [0.05, 0.1) is 18.6 Å². The number of sulfone groups is 1. The largest absolute Gasteiger partial charge is 0.495 e. The van der Waals surface area contributed by atoms with Crippen LogP contribution in [0.25, 0.3) is 0 Å². The molecule has 0 spiro atoms. The summed E-state index contributed by atoms with van der Waals surface area (Å²) in [6.07, 6.45) is 0.934. The van der Waals surface area contributed by atoms with Crippen molar-refractivity contribution in [1.82, 2.24) is 4.31 Å². The van der Waals surface area contributed by atoms with Gasteiger partial charge in [-0.3, -0.25) is 0 Å². The Kier molecular flexibility index (Phi) is 5.61. The van der Waals surface area contributed by atoms with Crippen molar-refractivity contribution in [3.05, 3.63) is 23.8 Å². The highest BCUT2D eigenvalue weighted by Crippen LogP contribution is 2.33. The van der Waals surface area contributed by atoms with Crippen molar-refractivity contribution in [3.8, 4) is 5.75 Å². The molecule has 0 bridgehead atoms. The minimum Gasteiger partial charge on any atom is -0.495 e. The molecule has 0 saturated carbocycles. The second kappa shape index (κ2) is 7.01. The molecule has 0 radical (unpaired) electrons. The normalized spacial score (nSPS) is 21.8. The van der Waals surface area contributed by atoms with Crippen LogP contribution in [0, 0.1) is 6.92 Å². The lowest BCUT2D eigenvalue weighted by Gasteiger charge is -2.32. The standard InChI is InChI=1S/C16H25NO5S2/c1-5-13(3)17(14-8-9-23(18,19)11-14)24(20,21)16-10-12(2)6-7-15(16)22-4/h6-7,10,13-14H,5,8-9,11H2,1-4H3/t13-,14+/m0/s1. The first-order valence-corrected chi connectivity index (χ1v) is 11.3. The Morgan fingerprint density at radius 1 is 1.38 bits per heavy atom. The van der Waals surface area contributed by atoms with Gasteiger partial charge in [-0.2, -0.15) is 4.31 Å². The van der Waals surface area contributed by atoms with E-state index in [4.69, 9.17) is 4.74 Å². The van der Waals surface area contributed by atoms with Crippen LogP contribution in [0.15, 0.2) is 23.1 Å². The molecule has 1 fully saturated rings. The van der Waals surface area contributed by atoms with Crippen molar-refractivity contribution in [2.75, 3.05) is 18.6 Å². The molecule has 1 aromatic carbocycles. The Morgan fingerprint density at radius 2 is 2.04 bits per heavy atom. The molecule has 1 aliphatic rings. The SMILES string of the molecule is CC[C@H](C)N([C@@H]1CCS(=O)(=O)C1)S(=O)(=O)c1cc(C)ccc1OC. The van der Waals surface area contributed by atoms with Crippen LogP contribution in [0.5, 0.6) is 5.75 Å². The summed E-state index contributed by atoms with van der Waals surface area (Å²) in [6.45, 7) is 5.51. The maximum atomic E-state index is 13.3. The third-order valence-electron chi connectivity index (χ3n) is 4.47. The first kappa shape index (κ1) is 19.2. The van der Waals surface area contributed by atoms with Crippen molar-refractivity contribution in [3.63, 3.8) is 0 Å². The molecule has 0 aromatic heterocycles. The maximum Gasteiger partial charge on any atom is 0.247 e. The van der Waals surface area contributed by atoms with Gasteiger partial charge in [-0.05, 0) is 44.4 Å². The van der Waals surface area contributed by atoms with Crippen LogP contribution in [0.2, 0.25) is 0 Å². The van der Waals surface area contributed by atoms with Crippen LogP contribution in [0.3, 0.4) is 0 Å². The average molecular weight is 376 g/mol. The monoisotopic (exact) mass is 375 g/mol. The highest BCUT2D eigenvalue weighted by atomic mass is 32.2. The summed E-state index contributed by atoms with van der Waals surface area (Å²) in [6, 6.07) is 4.17. The fraction of sp³-hybridized carbons (Fsp3) is 0.625. The molecular formula is C16H25NO5S2. The number of hydrogen-bond donors (Lipinski definition) is 0. The van der Waals surface area contributed by atoms with Crippen LogP contribution >= 0.6 is 0 Å². The number of ether oxygens (including phenoxy) is 1. The number of hydrogen-bond acceptors (Lipinski definition) is 5. The molecule has 2 atom stereocenters. The summed E-state index contributed by atoms with van der Waals surface area (Å²) in [5, 5.41) is 0. The molecule has 0 aliphatic carbocycles. The van der Waals surface area contributed by atoms with Gasteiger partial charge in [0.2, 0.25) is 10.0 Å². The average Bonchev–Trinajstić information content (AvgIpc) is 2.86. The van der Waals surface area contributed by atoms with Crippen molar-refractivity contribution < 1.29 is 21.6 Å². The third kappa shape index (κ3) is 3.75. The minimum absolute atomic E-state index is 0.0328. The first-order valence-electron chi connectivity index (χ1n) is 8.01. The Bertz CT molecular complexity index is 802. The molecule has 24 heavy (non-hydrogen) atoms. The Balaban J connectivity index is 2.55. The second-order valence-electron chi connectivity index (χ2n) is 6.30. The summed E-state index contributed by atoms with van der Waals surface area (Å²) < 4.78 is 56.9. The quantitative estimate of drug-likeness (QED) is 0.759. The predicted molar refractivity (Wildman–Crippen MR) is 93.6 cm³/mol. The minimum atomic E-state index is -3.87. The van der Waals surface area contributed by atoms with Gasteiger partial charge in [0.25, 0.3) is 0 Å². The molecule has 0 N–H and O–H groups in total. The zero-order chi connectivity index (χ0) is 18.1. The lowest BCUT2D eigenvalue weighted by atomic mass is 10.2. The summed E-state index contributed by atoms with van der Waals surface area (Å²) in [5.74, 6) is 0.185. The van der Waals surface area contributed by atoms with E-state index in [9.17, 15) is 16.8 Å². The number of sulfonamides is 1. The van der Waals surface area contributed by atoms with Crippen LogP contribution < -0.4 is 4.74 Å². The lowest BCUT2D eigenvalue weighted by Crippen LogP contribution is -2.46. The Hall–Kier alpha value is -1.12. The van der Waals surface area contributed by atoms with Gasteiger partial charge in [-0.15, -0.1) is 0 Å². The molecule has 1 aromatic rings. The molecule has 1 heterocycles. The molecule has 2 rings (SSSR count). The van der Waals surface area contributed by atoms with Crippen molar-refractivity contribution >= 4 is 19.9 Å². The zero-order valence-electron chi connectivity index (χ0n) is 14.5. The van der Waals surface area contributed by atoms with Crippen molar-refractivity contribution in [1.29, 1.82) is 0 Å². The first-order chi connectivity index (χ1) is 11.1. The second-order valence-corrected chi connectivity index (χ2v) is 10.3. The molecule has 8 heteroatoms. The molecule has 136 valence electrons. The number of aryl methyl sites for hydroxylation is 1. The number of nitrogens with zero attached hydrogens (tertiary/aromatic N) is 1. The van der Waals surface area contributed by atoms with Crippen LogP contribution in [0.1, 0.15) is 32.3 Å². The van der Waals surface area contributed by atoms with Gasteiger partial charge in [0.15, 0.2) is 9.84 Å². The summed E-state index contributed by atoms with van der Waals surface area (Å²) in [4.78, 5) is 0.0922. The van der Waals surface area contributed by atoms with Crippen molar-refractivity contribution in [2.45, 2.75) is 50.6 Å². The van der Waals surface area contributed by atoms with E-state index in [-0.39, 0.29) is 28.2 Å². The molecule has 0 unspecified atom stereocenters. The highest BCUT2D eigenvalue weighted by Gasteiger charge is 2.41. The molecule has 6 nitrogen and oxygen atoms in total. The summed E-state index contributed by atoms with van der Waals surface area (Å²) >= 11 is 0. The van der Waals surface area contributed by atoms with E-state index < -0.39 is 25.9 Å². The van der Waals surface area contributed by atoms with Gasteiger partial charge in [-0.25, -0.2) is 16.8 Å². The fourth-order valence-electron chi connectivity index (χ4n) is 3.05. The third-order valence-corrected chi connectivity index (χ3v) is 8.31. The Labute approximate surface area is 144 Å². The van der Waals surface area contributed by atoms with E-state index in [0.717, 1.165) is 5.56 Å². The van der Waals surface area contributed by atoms with Gasteiger partial charge in [0.1, 0.15) is 10.6 Å². The smallest absolute Gasteiger partial charge is 0.247 e. The lowest BCUT2D eigenvalue weighted by molar-refractivity contribution is 0.270. The molecule has 1 aliphatic heterocycles. The zero-order valence-corrected chi connectivity index (χ0v) is 16.2. The van der Waals surface area contributed by atoms with E-state index in [1.165, 1.54) is 11.4 Å². The van der Waals surface area contributed by atoms with E-state index in [1.807, 2.05) is 20.8 Å². The van der Waals surface area contributed by atoms with Crippen LogP contribution in [-0.4, -0.2) is 51.8 Å². The number of rotatable bonds is 6. The van der Waals surface area contributed by atoms with Crippen LogP contribution in [0.4, 0.5) is 0 Å². The van der Waals surface area contributed by atoms with Crippen molar-refractivity contribution in [2.24, 2.45) is 0 Å². The topological polar surface area (TPSA) is 80.8 Å². The number of methoxy groups -OCH3 is 1. The highest BCUT2D eigenvalue weighted by molar-refractivity contribution is 7.92. The van der Waals surface area contributed by atoms with E-state index >= 15 is 0 Å². The maximum absolute atomic E-state index is 13.3. The fourth-order valence-corrected chi connectivity index (χ4v) is 7.02.